The van der Waals surface area contributed by atoms with Crippen molar-refractivity contribution in [2.75, 3.05) is 0 Å². The van der Waals surface area contributed by atoms with Crippen molar-refractivity contribution in [3.8, 4) is 33.6 Å². The van der Waals surface area contributed by atoms with Crippen LogP contribution in [-0.4, -0.2) is 38.8 Å². The van der Waals surface area contributed by atoms with E-state index in [0.717, 1.165) is 16.7 Å². The number of benzene rings is 2. The van der Waals surface area contributed by atoms with Crippen LogP contribution in [0.15, 0.2) is 53.7 Å². The molecule has 0 fully saturated rings. The van der Waals surface area contributed by atoms with Gasteiger partial charge in [-0.05, 0) is 41.0 Å². The summed E-state index contributed by atoms with van der Waals surface area (Å²) in [6.45, 7) is 1.98. The lowest BCUT2D eigenvalue weighted by Crippen LogP contribution is -2.14. The fourth-order valence-electron chi connectivity index (χ4n) is 3.04. The minimum absolute atomic E-state index is 0.0779. The van der Waals surface area contributed by atoms with Crippen LogP contribution in [0.25, 0.3) is 33.6 Å². The number of aromatic amines is 1. The van der Waals surface area contributed by atoms with E-state index < -0.39 is 10.0 Å². The minimum atomic E-state index is -4.07. The predicted octanol–water partition coefficient (Wildman–Crippen LogP) is 1.89. The maximum absolute atomic E-state index is 12.4. The zero-order valence-electron chi connectivity index (χ0n) is 15.2. The third-order valence-electron chi connectivity index (χ3n) is 4.38. The van der Waals surface area contributed by atoms with Gasteiger partial charge in [0.05, 0.1) is 16.7 Å². The van der Waals surface area contributed by atoms with Crippen LogP contribution in [0.4, 0.5) is 0 Å². The number of hydrogen-bond acceptors (Lipinski definition) is 6. The van der Waals surface area contributed by atoms with E-state index in [1.165, 1.54) is 6.07 Å². The summed E-state index contributed by atoms with van der Waals surface area (Å²) in [6, 6.07) is 11.1. The number of H-pyrrole nitrogens is 1. The van der Waals surface area contributed by atoms with Crippen molar-refractivity contribution < 1.29 is 8.42 Å². The lowest BCUT2D eigenvalue weighted by Gasteiger charge is -2.14. The predicted molar refractivity (Wildman–Crippen MR) is 103 cm³/mol. The highest BCUT2D eigenvalue weighted by Gasteiger charge is 2.24. The fraction of sp³-hybridized carbons (Fsp3) is 0.111. The molecule has 0 bridgehead atoms. The molecule has 0 aliphatic heterocycles. The molecule has 0 saturated carbocycles. The summed E-state index contributed by atoms with van der Waals surface area (Å²) in [6.07, 6.45) is 3.46. The molecule has 4 rings (SSSR count). The summed E-state index contributed by atoms with van der Waals surface area (Å²) in [5.74, 6) is 0.150. The maximum Gasteiger partial charge on any atom is 0.238 e. The molecule has 4 aromatic rings. The first-order valence-corrected chi connectivity index (χ1v) is 9.88. The summed E-state index contributed by atoms with van der Waals surface area (Å²) in [5, 5.41) is 23.6. The van der Waals surface area contributed by atoms with Crippen molar-refractivity contribution in [1.82, 2.24) is 30.4 Å². The summed E-state index contributed by atoms with van der Waals surface area (Å²) in [5.41, 5.74) is 4.25. The molecule has 0 aliphatic rings. The van der Waals surface area contributed by atoms with E-state index in [9.17, 15) is 8.42 Å². The molecular formula is C18H17N7O2S. The number of hydrogen-bond donors (Lipinski definition) is 2. The largest absolute Gasteiger partial charge is 0.275 e. The van der Waals surface area contributed by atoms with Gasteiger partial charge < -0.3 is 0 Å². The average Bonchev–Trinajstić information content (AvgIpc) is 3.32. The molecule has 3 N–H and O–H groups in total. The van der Waals surface area contributed by atoms with Gasteiger partial charge in [0.1, 0.15) is 0 Å². The Labute approximate surface area is 161 Å². The number of nitrogens with two attached hydrogens (primary N) is 1. The molecular weight excluding hydrogens is 378 g/mol. The number of aryl methyl sites for hydroxylation is 2. The number of aromatic nitrogens is 6. The molecule has 9 nitrogen and oxygen atoms in total. The molecule has 0 saturated heterocycles. The lowest BCUT2D eigenvalue weighted by atomic mass is 9.94. The summed E-state index contributed by atoms with van der Waals surface area (Å²) in [4.78, 5) is -0.0779. The standard InChI is InChI=1S/C18H17N7O2S/c1-11-3-5-12(6-4-11)15-7-13(14-9-20-25(2)10-14)8-16(28(19,26)27)17(15)18-21-23-24-22-18/h3-10H,1-2H3,(H2,19,26,27)(H,21,22,23,24). The van der Waals surface area contributed by atoms with Crippen molar-refractivity contribution in [2.45, 2.75) is 11.8 Å². The van der Waals surface area contributed by atoms with E-state index in [0.29, 0.717) is 16.7 Å². The van der Waals surface area contributed by atoms with Gasteiger partial charge in [-0.1, -0.05) is 29.8 Å². The van der Waals surface area contributed by atoms with Crippen molar-refractivity contribution in [3.63, 3.8) is 0 Å². The third kappa shape index (κ3) is 3.30. The average molecular weight is 395 g/mol. The van der Waals surface area contributed by atoms with Crippen LogP contribution < -0.4 is 5.14 Å². The molecule has 0 radical (unpaired) electrons. The smallest absolute Gasteiger partial charge is 0.238 e. The molecule has 28 heavy (non-hydrogen) atoms. The molecule has 0 aliphatic carbocycles. The Kier molecular flexibility index (Phi) is 4.28. The molecule has 2 aromatic carbocycles. The van der Waals surface area contributed by atoms with Crippen molar-refractivity contribution >= 4 is 10.0 Å². The third-order valence-corrected chi connectivity index (χ3v) is 5.31. The lowest BCUT2D eigenvalue weighted by molar-refractivity contribution is 0.598. The quantitative estimate of drug-likeness (QED) is 0.542. The highest BCUT2D eigenvalue weighted by molar-refractivity contribution is 7.89. The summed E-state index contributed by atoms with van der Waals surface area (Å²) >= 11 is 0. The molecule has 0 amide bonds. The van der Waals surface area contributed by atoms with Gasteiger partial charge in [-0.2, -0.15) is 10.3 Å². The van der Waals surface area contributed by atoms with E-state index in [1.807, 2.05) is 37.3 Å². The molecule has 2 heterocycles. The van der Waals surface area contributed by atoms with Gasteiger partial charge in [-0.3, -0.25) is 4.68 Å². The molecule has 0 unspecified atom stereocenters. The molecule has 0 atom stereocenters. The Morgan fingerprint density at radius 1 is 1.07 bits per heavy atom. The zero-order chi connectivity index (χ0) is 19.9. The van der Waals surface area contributed by atoms with Gasteiger partial charge in [0.2, 0.25) is 15.8 Å². The van der Waals surface area contributed by atoms with Crippen LogP contribution in [0.2, 0.25) is 0 Å². The normalized spacial score (nSPS) is 11.7. The van der Waals surface area contributed by atoms with Gasteiger partial charge in [-0.15, -0.1) is 10.2 Å². The van der Waals surface area contributed by atoms with Crippen LogP contribution in [0.3, 0.4) is 0 Å². The van der Waals surface area contributed by atoms with Crippen molar-refractivity contribution in [1.29, 1.82) is 0 Å². The van der Waals surface area contributed by atoms with Crippen molar-refractivity contribution in [3.05, 3.63) is 54.4 Å². The van der Waals surface area contributed by atoms with E-state index in [4.69, 9.17) is 5.14 Å². The van der Waals surface area contributed by atoms with Crippen LogP contribution in [-0.2, 0) is 17.1 Å². The van der Waals surface area contributed by atoms with Crippen molar-refractivity contribution in [2.24, 2.45) is 12.2 Å². The highest BCUT2D eigenvalue weighted by atomic mass is 32.2. The topological polar surface area (TPSA) is 132 Å². The second kappa shape index (κ2) is 6.66. The number of nitrogens with one attached hydrogen (secondary N) is 1. The number of nitrogens with zero attached hydrogens (tertiary/aromatic N) is 5. The number of tetrazole rings is 1. The SMILES string of the molecule is Cc1ccc(-c2cc(-c3cnn(C)c3)cc(S(N)(=O)=O)c2-c2nn[nH]n2)cc1. The first-order valence-electron chi connectivity index (χ1n) is 8.33. The van der Waals surface area contributed by atoms with Crippen LogP contribution in [0, 0.1) is 6.92 Å². The number of sulfonamides is 1. The van der Waals surface area contributed by atoms with Gasteiger partial charge in [0, 0.05) is 18.8 Å². The first-order chi connectivity index (χ1) is 13.3. The van der Waals surface area contributed by atoms with Crippen LogP contribution in [0.1, 0.15) is 5.56 Å². The Bertz CT molecular complexity index is 1240. The summed E-state index contributed by atoms with van der Waals surface area (Å²) in [7, 11) is -2.28. The van der Waals surface area contributed by atoms with Gasteiger partial charge in [0.15, 0.2) is 0 Å². The fourth-order valence-corrected chi connectivity index (χ4v) is 3.81. The monoisotopic (exact) mass is 395 g/mol. The van der Waals surface area contributed by atoms with Crippen LogP contribution >= 0.6 is 0 Å². The second-order valence-corrected chi connectivity index (χ2v) is 7.98. The van der Waals surface area contributed by atoms with Gasteiger partial charge in [-0.25, -0.2) is 13.6 Å². The Balaban J connectivity index is 2.09. The van der Waals surface area contributed by atoms with Crippen LogP contribution in [0.5, 0.6) is 0 Å². The number of rotatable bonds is 4. The van der Waals surface area contributed by atoms with E-state index in [2.05, 4.69) is 25.7 Å². The Morgan fingerprint density at radius 3 is 2.39 bits per heavy atom. The number of primary sulfonamides is 1. The second-order valence-electron chi connectivity index (χ2n) is 6.45. The van der Waals surface area contributed by atoms with E-state index >= 15 is 0 Å². The Hall–Kier alpha value is -3.37. The minimum Gasteiger partial charge on any atom is -0.275 e. The summed E-state index contributed by atoms with van der Waals surface area (Å²) < 4.78 is 26.5. The van der Waals surface area contributed by atoms with Gasteiger partial charge >= 0.3 is 0 Å². The maximum atomic E-state index is 12.4. The van der Waals surface area contributed by atoms with E-state index in [1.54, 1.807) is 24.1 Å². The molecule has 0 spiro atoms. The zero-order valence-corrected chi connectivity index (χ0v) is 16.0. The Morgan fingerprint density at radius 2 is 1.82 bits per heavy atom. The molecule has 2 aromatic heterocycles. The highest BCUT2D eigenvalue weighted by Crippen LogP contribution is 2.38. The molecule has 10 heteroatoms. The first kappa shape index (κ1) is 18.0. The molecule has 142 valence electrons. The van der Waals surface area contributed by atoms with E-state index in [-0.39, 0.29) is 10.7 Å². The van der Waals surface area contributed by atoms with Gasteiger partial charge in [0.25, 0.3) is 0 Å².